The van der Waals surface area contributed by atoms with Gasteiger partial charge in [-0.05, 0) is 50.5 Å². The minimum absolute atomic E-state index is 0.280. The molecule has 0 heterocycles. The number of rotatable bonds is 6. The Morgan fingerprint density at radius 1 is 1.22 bits per heavy atom. The lowest BCUT2D eigenvalue weighted by Crippen LogP contribution is -2.21. The molecule has 0 spiro atoms. The molecule has 2 rings (SSSR count). The van der Waals surface area contributed by atoms with Gasteiger partial charge in [0, 0.05) is 24.7 Å². The summed E-state index contributed by atoms with van der Waals surface area (Å²) in [5.74, 6) is 0.596. The number of carbonyl (C=O) groups is 1. The zero-order valence-electron chi connectivity index (χ0n) is 11.2. The standard InChI is InChI=1S/C16H21NO/c1-3-17(4-2)15-10-5-13(6-11-15)7-12-16(18)14-8-9-14/h5-7,10-12,14H,3-4,8-9H2,1-2H3/b12-7+. The predicted molar refractivity (Wildman–Crippen MR) is 76.8 cm³/mol. The lowest BCUT2D eigenvalue weighted by atomic mass is 10.1. The Morgan fingerprint density at radius 3 is 2.33 bits per heavy atom. The van der Waals surface area contributed by atoms with Crippen LogP contribution in [0.5, 0.6) is 0 Å². The SMILES string of the molecule is CCN(CC)c1ccc(/C=C/C(=O)C2CC2)cc1. The van der Waals surface area contributed by atoms with Crippen LogP contribution >= 0.6 is 0 Å². The highest BCUT2D eigenvalue weighted by Crippen LogP contribution is 2.30. The summed E-state index contributed by atoms with van der Waals surface area (Å²) in [6, 6.07) is 8.39. The van der Waals surface area contributed by atoms with Gasteiger partial charge in [0.2, 0.25) is 0 Å². The molecule has 96 valence electrons. The van der Waals surface area contributed by atoms with Crippen molar-refractivity contribution in [1.82, 2.24) is 0 Å². The van der Waals surface area contributed by atoms with Crippen molar-refractivity contribution in [2.45, 2.75) is 26.7 Å². The molecule has 0 radical (unpaired) electrons. The van der Waals surface area contributed by atoms with Crippen LogP contribution in [-0.2, 0) is 4.79 Å². The Morgan fingerprint density at radius 2 is 1.83 bits per heavy atom. The number of hydrogen-bond acceptors (Lipinski definition) is 2. The van der Waals surface area contributed by atoms with Crippen molar-refractivity contribution in [2.24, 2.45) is 5.92 Å². The normalized spacial score (nSPS) is 15.0. The summed E-state index contributed by atoms with van der Waals surface area (Å²) in [5.41, 5.74) is 2.34. The molecule has 1 saturated carbocycles. The highest BCUT2D eigenvalue weighted by molar-refractivity contribution is 5.96. The molecule has 0 aliphatic heterocycles. The molecule has 1 aliphatic rings. The number of hydrogen-bond donors (Lipinski definition) is 0. The molecule has 0 unspecified atom stereocenters. The number of allylic oxidation sites excluding steroid dienone is 1. The van der Waals surface area contributed by atoms with E-state index in [1.54, 1.807) is 6.08 Å². The Labute approximate surface area is 109 Å². The molecule has 1 aromatic rings. The Bertz CT molecular complexity index is 425. The second-order valence-corrected chi connectivity index (χ2v) is 4.77. The van der Waals surface area contributed by atoms with Crippen molar-refractivity contribution in [1.29, 1.82) is 0 Å². The maximum atomic E-state index is 11.6. The minimum atomic E-state index is 0.280. The third kappa shape index (κ3) is 3.22. The van der Waals surface area contributed by atoms with Crippen LogP contribution in [0.2, 0.25) is 0 Å². The van der Waals surface area contributed by atoms with Crippen molar-refractivity contribution in [3.05, 3.63) is 35.9 Å². The van der Waals surface area contributed by atoms with Gasteiger partial charge in [0.05, 0.1) is 0 Å². The van der Waals surface area contributed by atoms with E-state index < -0.39 is 0 Å². The molecule has 1 aromatic carbocycles. The lowest BCUT2D eigenvalue weighted by Gasteiger charge is -2.20. The van der Waals surface area contributed by atoms with Crippen LogP contribution in [0, 0.1) is 5.92 Å². The van der Waals surface area contributed by atoms with Gasteiger partial charge in [0.25, 0.3) is 0 Å². The second kappa shape index (κ2) is 5.85. The monoisotopic (exact) mass is 243 g/mol. The van der Waals surface area contributed by atoms with Crippen molar-refractivity contribution < 1.29 is 4.79 Å². The van der Waals surface area contributed by atoms with Gasteiger partial charge in [0.1, 0.15) is 0 Å². The Kier molecular flexibility index (Phi) is 4.19. The summed E-state index contributed by atoms with van der Waals surface area (Å²) in [7, 11) is 0. The first-order valence-electron chi connectivity index (χ1n) is 6.81. The average Bonchev–Trinajstić information content (AvgIpc) is 3.23. The third-order valence-electron chi connectivity index (χ3n) is 3.44. The quantitative estimate of drug-likeness (QED) is 0.712. The maximum Gasteiger partial charge on any atom is 0.158 e. The molecule has 0 atom stereocenters. The Balaban J connectivity index is 2.00. The molecule has 2 heteroatoms. The second-order valence-electron chi connectivity index (χ2n) is 4.77. The molecule has 0 N–H and O–H groups in total. The van der Waals surface area contributed by atoms with E-state index in [1.165, 1.54) is 5.69 Å². The van der Waals surface area contributed by atoms with Crippen molar-refractivity contribution >= 4 is 17.5 Å². The molecular formula is C16H21NO. The summed E-state index contributed by atoms with van der Waals surface area (Å²) in [4.78, 5) is 13.9. The van der Waals surface area contributed by atoms with E-state index in [2.05, 4.69) is 43.0 Å². The molecule has 0 saturated heterocycles. The number of ketones is 1. The number of nitrogens with zero attached hydrogens (tertiary/aromatic N) is 1. The van der Waals surface area contributed by atoms with Crippen LogP contribution in [0.3, 0.4) is 0 Å². The average molecular weight is 243 g/mol. The van der Waals surface area contributed by atoms with Gasteiger partial charge in [-0.15, -0.1) is 0 Å². The van der Waals surface area contributed by atoms with Crippen LogP contribution in [0.25, 0.3) is 6.08 Å². The molecule has 1 fully saturated rings. The molecule has 2 nitrogen and oxygen atoms in total. The molecule has 0 aromatic heterocycles. The molecule has 0 amide bonds. The van der Waals surface area contributed by atoms with Gasteiger partial charge in [-0.3, -0.25) is 4.79 Å². The zero-order chi connectivity index (χ0) is 13.0. The van der Waals surface area contributed by atoms with Crippen LogP contribution in [-0.4, -0.2) is 18.9 Å². The third-order valence-corrected chi connectivity index (χ3v) is 3.44. The molecule has 0 bridgehead atoms. The molecular weight excluding hydrogens is 222 g/mol. The van der Waals surface area contributed by atoms with Crippen LogP contribution in [0.1, 0.15) is 32.3 Å². The number of benzene rings is 1. The van der Waals surface area contributed by atoms with Crippen molar-refractivity contribution in [3.63, 3.8) is 0 Å². The first-order chi connectivity index (χ1) is 8.74. The smallest absolute Gasteiger partial charge is 0.158 e. The summed E-state index contributed by atoms with van der Waals surface area (Å²) in [5, 5.41) is 0. The Hall–Kier alpha value is -1.57. The van der Waals surface area contributed by atoms with Crippen LogP contribution in [0.15, 0.2) is 30.3 Å². The molecule has 18 heavy (non-hydrogen) atoms. The number of anilines is 1. The van der Waals surface area contributed by atoms with Crippen molar-refractivity contribution in [3.8, 4) is 0 Å². The first kappa shape index (κ1) is 12.9. The summed E-state index contributed by atoms with van der Waals surface area (Å²) >= 11 is 0. The fourth-order valence-corrected chi connectivity index (χ4v) is 2.07. The first-order valence-corrected chi connectivity index (χ1v) is 6.81. The van der Waals surface area contributed by atoms with E-state index in [1.807, 2.05) is 6.08 Å². The fourth-order valence-electron chi connectivity index (χ4n) is 2.07. The maximum absolute atomic E-state index is 11.6. The summed E-state index contributed by atoms with van der Waals surface area (Å²) in [6.45, 7) is 6.36. The van der Waals surface area contributed by atoms with E-state index >= 15 is 0 Å². The summed E-state index contributed by atoms with van der Waals surface area (Å²) < 4.78 is 0. The highest BCUT2D eigenvalue weighted by atomic mass is 16.1. The van der Waals surface area contributed by atoms with Gasteiger partial charge in [-0.2, -0.15) is 0 Å². The van der Waals surface area contributed by atoms with Crippen molar-refractivity contribution in [2.75, 3.05) is 18.0 Å². The van der Waals surface area contributed by atoms with Gasteiger partial charge < -0.3 is 4.90 Å². The largest absolute Gasteiger partial charge is 0.372 e. The van der Waals surface area contributed by atoms with Gasteiger partial charge in [0.15, 0.2) is 5.78 Å². The fraction of sp³-hybridized carbons (Fsp3) is 0.438. The topological polar surface area (TPSA) is 20.3 Å². The summed E-state index contributed by atoms with van der Waals surface area (Å²) in [6.07, 6.45) is 5.80. The van der Waals surface area contributed by atoms with Gasteiger partial charge in [-0.1, -0.05) is 18.2 Å². The highest BCUT2D eigenvalue weighted by Gasteiger charge is 2.27. The van der Waals surface area contributed by atoms with E-state index in [-0.39, 0.29) is 5.78 Å². The van der Waals surface area contributed by atoms with Crippen LogP contribution in [0.4, 0.5) is 5.69 Å². The predicted octanol–water partition coefficient (Wildman–Crippen LogP) is 3.53. The van der Waals surface area contributed by atoms with E-state index in [4.69, 9.17) is 0 Å². The minimum Gasteiger partial charge on any atom is -0.372 e. The van der Waals surface area contributed by atoms with E-state index in [9.17, 15) is 4.79 Å². The van der Waals surface area contributed by atoms with E-state index in [0.717, 1.165) is 31.5 Å². The lowest BCUT2D eigenvalue weighted by molar-refractivity contribution is -0.115. The van der Waals surface area contributed by atoms with Gasteiger partial charge >= 0.3 is 0 Å². The van der Waals surface area contributed by atoms with E-state index in [0.29, 0.717) is 5.92 Å². The zero-order valence-corrected chi connectivity index (χ0v) is 11.2. The molecule has 1 aliphatic carbocycles. The van der Waals surface area contributed by atoms with Crippen LogP contribution < -0.4 is 4.90 Å². The van der Waals surface area contributed by atoms with Gasteiger partial charge in [-0.25, -0.2) is 0 Å². The number of carbonyl (C=O) groups excluding carboxylic acids is 1.